The Labute approximate surface area is 207 Å². The second-order valence-corrected chi connectivity index (χ2v) is 10.2. The zero-order valence-corrected chi connectivity index (χ0v) is 20.6. The molecule has 7 nitrogen and oxygen atoms in total. The summed E-state index contributed by atoms with van der Waals surface area (Å²) < 4.78 is 56.9. The van der Waals surface area contributed by atoms with Gasteiger partial charge in [-0.15, -0.1) is 0 Å². The number of carbonyl (C=O) groups is 1. The number of nitrogens with one attached hydrogen (secondary N) is 2. The molecule has 34 heavy (non-hydrogen) atoms. The van der Waals surface area contributed by atoms with Crippen LogP contribution >= 0.6 is 22.6 Å². The molecule has 1 atom stereocenters. The molecule has 0 aliphatic carbocycles. The normalized spacial score (nSPS) is 12.4. The Kier molecular flexibility index (Phi) is 6.75. The molecule has 1 heterocycles. The number of carbonyl (C=O) groups excluding carboxylic acids is 1. The fourth-order valence-electron chi connectivity index (χ4n) is 3.39. The number of aromatic nitrogens is 2. The van der Waals surface area contributed by atoms with Gasteiger partial charge in [0, 0.05) is 27.6 Å². The second-order valence-electron chi connectivity index (χ2n) is 7.34. The third kappa shape index (κ3) is 4.99. The van der Waals surface area contributed by atoms with Gasteiger partial charge in [-0.2, -0.15) is 0 Å². The summed E-state index contributed by atoms with van der Waals surface area (Å²) >= 11 is 1.99. The number of halogens is 3. The summed E-state index contributed by atoms with van der Waals surface area (Å²) in [6.07, 6.45) is 2.85. The molecular formula is C23H17F2IN4O3S. The first-order chi connectivity index (χ1) is 16.2. The molecular weight excluding hydrogens is 577 g/mol. The number of hydrogen-bond donors (Lipinski definition) is 2. The maximum atomic E-state index is 14.1. The lowest BCUT2D eigenvalue weighted by atomic mass is 10.1. The van der Waals surface area contributed by atoms with Crippen molar-refractivity contribution < 1.29 is 22.0 Å². The summed E-state index contributed by atoms with van der Waals surface area (Å²) in [5.74, 6) is -2.16. The van der Waals surface area contributed by atoms with Crippen molar-refractivity contribution >= 4 is 55.2 Å². The van der Waals surface area contributed by atoms with Crippen molar-refractivity contribution in [3.63, 3.8) is 0 Å². The number of fused-ring (bicyclic) bond motifs is 1. The second kappa shape index (κ2) is 9.58. The maximum Gasteiger partial charge on any atom is 0.264 e. The van der Waals surface area contributed by atoms with Gasteiger partial charge >= 0.3 is 0 Å². The van der Waals surface area contributed by atoms with Gasteiger partial charge in [0.05, 0.1) is 22.8 Å². The Hall–Kier alpha value is -3.19. The highest BCUT2D eigenvalue weighted by Crippen LogP contribution is 2.27. The lowest BCUT2D eigenvalue weighted by Crippen LogP contribution is -2.28. The zero-order chi connectivity index (χ0) is 24.5. The Morgan fingerprint density at radius 3 is 2.56 bits per heavy atom. The van der Waals surface area contributed by atoms with Gasteiger partial charge in [-0.1, -0.05) is 12.1 Å². The summed E-state index contributed by atoms with van der Waals surface area (Å²) in [4.78, 5) is 21.2. The third-order valence-corrected chi connectivity index (χ3v) is 7.07. The predicted molar refractivity (Wildman–Crippen MR) is 132 cm³/mol. The van der Waals surface area contributed by atoms with Crippen molar-refractivity contribution in [2.24, 2.45) is 0 Å². The topological polar surface area (TPSA) is 101 Å². The van der Waals surface area contributed by atoms with E-state index in [2.05, 4.69) is 20.0 Å². The minimum Gasteiger partial charge on any atom is -0.345 e. The Morgan fingerprint density at radius 1 is 1.03 bits per heavy atom. The lowest BCUT2D eigenvalue weighted by molar-refractivity contribution is 0.0940. The van der Waals surface area contributed by atoms with Crippen molar-refractivity contribution in [3.8, 4) is 0 Å². The van der Waals surface area contributed by atoms with Crippen LogP contribution in [0.2, 0.25) is 0 Å². The SMILES string of the molecule is CC(NC(=O)c1ccc(I)cc1NS(=O)(=O)c1cccc2nccnc12)c1ccc(F)cc1F. The van der Waals surface area contributed by atoms with Gasteiger partial charge in [0.25, 0.3) is 15.9 Å². The molecule has 4 aromatic rings. The summed E-state index contributed by atoms with van der Waals surface area (Å²) in [7, 11) is -4.14. The van der Waals surface area contributed by atoms with Crippen LogP contribution in [0.4, 0.5) is 14.5 Å². The summed E-state index contributed by atoms with van der Waals surface area (Å²) in [6.45, 7) is 1.54. The fraction of sp³-hybridized carbons (Fsp3) is 0.0870. The van der Waals surface area contributed by atoms with Gasteiger partial charge in [0.15, 0.2) is 0 Å². The first kappa shape index (κ1) is 24.0. The summed E-state index contributed by atoms with van der Waals surface area (Å²) in [6, 6.07) is 11.5. The van der Waals surface area contributed by atoms with Crippen molar-refractivity contribution in [1.29, 1.82) is 0 Å². The summed E-state index contributed by atoms with van der Waals surface area (Å²) in [5.41, 5.74) is 0.758. The molecule has 1 aromatic heterocycles. The first-order valence-electron chi connectivity index (χ1n) is 9.93. The van der Waals surface area contributed by atoms with E-state index in [1.54, 1.807) is 25.1 Å². The largest absolute Gasteiger partial charge is 0.345 e. The number of nitrogens with zero attached hydrogens (tertiary/aromatic N) is 2. The Bertz CT molecular complexity index is 1510. The molecule has 3 aromatic carbocycles. The first-order valence-corrected chi connectivity index (χ1v) is 12.5. The Morgan fingerprint density at radius 2 is 1.79 bits per heavy atom. The van der Waals surface area contributed by atoms with Crippen LogP contribution in [-0.4, -0.2) is 24.3 Å². The highest BCUT2D eigenvalue weighted by atomic mass is 127. The molecule has 4 rings (SSSR count). The minimum absolute atomic E-state index is 0.0321. The van der Waals surface area contributed by atoms with E-state index in [9.17, 15) is 22.0 Å². The van der Waals surface area contributed by atoms with Crippen LogP contribution in [0.3, 0.4) is 0 Å². The number of hydrogen-bond acceptors (Lipinski definition) is 5. The van der Waals surface area contributed by atoms with Crippen LogP contribution < -0.4 is 10.0 Å². The van der Waals surface area contributed by atoms with Crippen LogP contribution in [0.1, 0.15) is 28.9 Å². The van der Waals surface area contributed by atoms with Gasteiger partial charge < -0.3 is 5.32 Å². The van der Waals surface area contributed by atoms with Crippen LogP contribution in [0.5, 0.6) is 0 Å². The molecule has 0 bridgehead atoms. The quantitative estimate of drug-likeness (QED) is 0.313. The van der Waals surface area contributed by atoms with Gasteiger partial charge in [-0.25, -0.2) is 17.2 Å². The molecule has 0 saturated heterocycles. The molecule has 174 valence electrons. The molecule has 11 heteroatoms. The Balaban J connectivity index is 1.66. The summed E-state index contributed by atoms with van der Waals surface area (Å²) in [5, 5.41) is 2.63. The van der Waals surface area contributed by atoms with Gasteiger partial charge in [-0.3, -0.25) is 19.5 Å². The molecule has 2 N–H and O–H groups in total. The van der Waals surface area contributed by atoms with Crippen molar-refractivity contribution in [1.82, 2.24) is 15.3 Å². The van der Waals surface area contributed by atoms with Crippen molar-refractivity contribution in [2.75, 3.05) is 4.72 Å². The molecule has 0 spiro atoms. The molecule has 0 aliphatic heterocycles. The molecule has 0 aliphatic rings. The van der Waals surface area contributed by atoms with E-state index in [1.165, 1.54) is 36.7 Å². The van der Waals surface area contributed by atoms with Crippen molar-refractivity contribution in [3.05, 3.63) is 93.3 Å². The van der Waals surface area contributed by atoms with Crippen LogP contribution in [0.25, 0.3) is 11.0 Å². The van der Waals surface area contributed by atoms with Crippen LogP contribution in [-0.2, 0) is 10.0 Å². The van der Waals surface area contributed by atoms with Gasteiger partial charge in [-0.05, 0) is 65.9 Å². The molecule has 1 amide bonds. The molecule has 0 radical (unpaired) electrons. The number of para-hydroxylation sites is 1. The van der Waals surface area contributed by atoms with E-state index >= 15 is 0 Å². The van der Waals surface area contributed by atoms with E-state index in [0.717, 1.165) is 12.1 Å². The monoisotopic (exact) mass is 594 g/mol. The van der Waals surface area contributed by atoms with Crippen molar-refractivity contribution in [2.45, 2.75) is 17.9 Å². The van der Waals surface area contributed by atoms with E-state index in [1.807, 2.05) is 22.6 Å². The number of sulfonamides is 1. The smallest absolute Gasteiger partial charge is 0.264 e. The van der Waals surface area contributed by atoms with Gasteiger partial charge in [0.2, 0.25) is 0 Å². The van der Waals surface area contributed by atoms with E-state index in [4.69, 9.17) is 0 Å². The third-order valence-electron chi connectivity index (χ3n) is 5.00. The standard InChI is InChI=1S/C23H17F2IN4O3S/c1-13(16-7-5-14(24)11-18(16)25)29-23(31)17-8-6-15(26)12-20(17)30-34(32,33)21-4-2-3-19-22(21)28-10-9-27-19/h2-13,30H,1H3,(H,29,31). The average molecular weight is 594 g/mol. The van der Waals surface area contributed by atoms with E-state index in [0.29, 0.717) is 9.09 Å². The van der Waals surface area contributed by atoms with Crippen LogP contribution in [0.15, 0.2) is 71.9 Å². The molecule has 1 unspecified atom stereocenters. The molecule has 0 saturated carbocycles. The van der Waals surface area contributed by atoms with E-state index < -0.39 is 33.6 Å². The fourth-order valence-corrected chi connectivity index (χ4v) is 5.12. The lowest BCUT2D eigenvalue weighted by Gasteiger charge is -2.18. The maximum absolute atomic E-state index is 14.1. The number of rotatable bonds is 6. The number of benzene rings is 3. The number of anilines is 1. The molecule has 0 fully saturated rings. The number of amides is 1. The average Bonchev–Trinajstić information content (AvgIpc) is 2.78. The highest BCUT2D eigenvalue weighted by Gasteiger charge is 2.23. The minimum atomic E-state index is -4.14. The zero-order valence-electron chi connectivity index (χ0n) is 17.6. The predicted octanol–water partition coefficient (Wildman–Crippen LogP) is 4.80. The van der Waals surface area contributed by atoms with Crippen LogP contribution in [0, 0.1) is 15.2 Å². The van der Waals surface area contributed by atoms with Gasteiger partial charge in [0.1, 0.15) is 22.0 Å². The highest BCUT2D eigenvalue weighted by molar-refractivity contribution is 14.1. The van der Waals surface area contributed by atoms with E-state index in [-0.39, 0.29) is 27.2 Å².